The van der Waals surface area contributed by atoms with Gasteiger partial charge in [0.2, 0.25) is 0 Å². The Labute approximate surface area is 109 Å². The maximum Gasteiger partial charge on any atom is 0.0771 e. The van der Waals surface area contributed by atoms with Crippen LogP contribution in [0.4, 0.5) is 0 Å². The molecular formula is C12H18BrNOS. The molecule has 2 nitrogen and oxygen atoms in total. The van der Waals surface area contributed by atoms with Gasteiger partial charge in [0.05, 0.1) is 5.60 Å². The molecule has 1 aromatic heterocycles. The van der Waals surface area contributed by atoms with E-state index in [1.807, 2.05) is 0 Å². The fraction of sp³-hybridized carbons (Fsp3) is 0.667. The molecule has 0 radical (unpaired) electrons. The van der Waals surface area contributed by atoms with Crippen molar-refractivity contribution in [2.24, 2.45) is 0 Å². The van der Waals surface area contributed by atoms with Crippen molar-refractivity contribution in [3.63, 3.8) is 0 Å². The second kappa shape index (κ2) is 5.17. The van der Waals surface area contributed by atoms with Crippen molar-refractivity contribution in [3.8, 4) is 0 Å². The third-order valence-corrected chi connectivity index (χ3v) is 5.33. The molecule has 0 amide bonds. The maximum absolute atomic E-state index is 10.2. The largest absolute Gasteiger partial charge is 0.389 e. The Kier molecular flexibility index (Phi) is 4.06. The number of hydrogen-bond acceptors (Lipinski definition) is 3. The second-order valence-electron chi connectivity index (χ2n) is 4.65. The van der Waals surface area contributed by atoms with E-state index in [1.54, 1.807) is 11.3 Å². The molecule has 0 aromatic carbocycles. The predicted octanol–water partition coefficient (Wildman–Crippen LogP) is 3.21. The normalized spacial score (nSPS) is 19.2. The van der Waals surface area contributed by atoms with Crippen LogP contribution >= 0.6 is 27.3 Å². The van der Waals surface area contributed by atoms with Gasteiger partial charge < -0.3 is 10.4 Å². The Balaban J connectivity index is 1.79. The van der Waals surface area contributed by atoms with Crippen LogP contribution in [0.2, 0.25) is 0 Å². The van der Waals surface area contributed by atoms with Gasteiger partial charge >= 0.3 is 0 Å². The number of aryl methyl sites for hydroxylation is 1. The number of aliphatic hydroxyl groups is 1. The van der Waals surface area contributed by atoms with Crippen LogP contribution in [-0.4, -0.2) is 17.3 Å². The zero-order valence-electron chi connectivity index (χ0n) is 9.55. The molecule has 1 aromatic rings. The summed E-state index contributed by atoms with van der Waals surface area (Å²) in [6.45, 7) is 3.70. The van der Waals surface area contributed by atoms with Crippen molar-refractivity contribution in [2.45, 2.75) is 44.8 Å². The Morgan fingerprint density at radius 1 is 1.50 bits per heavy atom. The highest BCUT2D eigenvalue weighted by molar-refractivity contribution is 9.10. The van der Waals surface area contributed by atoms with Gasteiger partial charge in [0.25, 0.3) is 0 Å². The van der Waals surface area contributed by atoms with Crippen molar-refractivity contribution in [1.82, 2.24) is 5.32 Å². The number of hydrogen-bond donors (Lipinski definition) is 2. The molecule has 0 spiro atoms. The van der Waals surface area contributed by atoms with Gasteiger partial charge in [-0.3, -0.25) is 0 Å². The number of rotatable bonds is 4. The summed E-state index contributed by atoms with van der Waals surface area (Å²) in [6.07, 6.45) is 4.24. The summed E-state index contributed by atoms with van der Waals surface area (Å²) in [5.41, 5.74) is -0.441. The van der Waals surface area contributed by atoms with Crippen molar-refractivity contribution >= 4 is 27.3 Å². The van der Waals surface area contributed by atoms with Crippen LogP contribution in [0.15, 0.2) is 10.5 Å². The van der Waals surface area contributed by atoms with E-state index < -0.39 is 5.60 Å². The van der Waals surface area contributed by atoms with Gasteiger partial charge in [-0.25, -0.2) is 0 Å². The topological polar surface area (TPSA) is 32.3 Å². The van der Waals surface area contributed by atoms with Crippen molar-refractivity contribution in [3.05, 3.63) is 20.3 Å². The first-order chi connectivity index (χ1) is 7.59. The molecule has 2 N–H and O–H groups in total. The zero-order chi connectivity index (χ0) is 11.6. The summed E-state index contributed by atoms with van der Waals surface area (Å²) in [5, 5.41) is 13.5. The van der Waals surface area contributed by atoms with Gasteiger partial charge in [0.15, 0.2) is 0 Å². The SMILES string of the molecule is Cc1sc(CNCC2(O)CCCC2)cc1Br. The monoisotopic (exact) mass is 303 g/mol. The Hall–Kier alpha value is 0.100. The van der Waals surface area contributed by atoms with E-state index in [2.05, 4.69) is 34.2 Å². The molecule has 1 aliphatic rings. The lowest BCUT2D eigenvalue weighted by molar-refractivity contribution is 0.0475. The van der Waals surface area contributed by atoms with Crippen LogP contribution in [0.5, 0.6) is 0 Å². The van der Waals surface area contributed by atoms with Crippen LogP contribution in [0.3, 0.4) is 0 Å². The average Bonchev–Trinajstić information content (AvgIpc) is 2.76. The Bertz CT molecular complexity index is 338. The third kappa shape index (κ3) is 3.06. The van der Waals surface area contributed by atoms with E-state index in [-0.39, 0.29) is 0 Å². The molecule has 4 heteroatoms. The Morgan fingerprint density at radius 3 is 2.75 bits per heavy atom. The fourth-order valence-corrected chi connectivity index (χ4v) is 3.80. The zero-order valence-corrected chi connectivity index (χ0v) is 12.0. The van der Waals surface area contributed by atoms with Crippen LogP contribution < -0.4 is 5.32 Å². The molecule has 0 bridgehead atoms. The van der Waals surface area contributed by atoms with Gasteiger partial charge in [0.1, 0.15) is 0 Å². The lowest BCUT2D eigenvalue weighted by atomic mass is 10.0. The number of nitrogens with one attached hydrogen (secondary N) is 1. The third-order valence-electron chi connectivity index (χ3n) is 3.20. The molecule has 1 aliphatic carbocycles. The minimum absolute atomic E-state index is 0.441. The predicted molar refractivity (Wildman–Crippen MR) is 71.9 cm³/mol. The van der Waals surface area contributed by atoms with Crippen LogP contribution in [-0.2, 0) is 6.54 Å². The van der Waals surface area contributed by atoms with Crippen molar-refractivity contribution in [1.29, 1.82) is 0 Å². The number of halogens is 1. The van der Waals surface area contributed by atoms with Crippen molar-refractivity contribution in [2.75, 3.05) is 6.54 Å². The summed E-state index contributed by atoms with van der Waals surface area (Å²) in [4.78, 5) is 2.64. The van der Waals surface area contributed by atoms with E-state index in [0.717, 1.165) is 25.9 Å². The smallest absolute Gasteiger partial charge is 0.0771 e. The highest BCUT2D eigenvalue weighted by Gasteiger charge is 2.30. The van der Waals surface area contributed by atoms with E-state index in [0.29, 0.717) is 0 Å². The lowest BCUT2D eigenvalue weighted by Crippen LogP contribution is -2.37. The van der Waals surface area contributed by atoms with Crippen LogP contribution in [0, 0.1) is 6.92 Å². The second-order valence-corrected chi connectivity index (χ2v) is 6.85. The van der Waals surface area contributed by atoms with E-state index in [4.69, 9.17) is 0 Å². The molecule has 0 aliphatic heterocycles. The quantitative estimate of drug-likeness (QED) is 0.895. The molecule has 90 valence electrons. The summed E-state index contributed by atoms with van der Waals surface area (Å²) in [5.74, 6) is 0. The highest BCUT2D eigenvalue weighted by atomic mass is 79.9. The minimum atomic E-state index is -0.441. The van der Waals surface area contributed by atoms with Crippen LogP contribution in [0.1, 0.15) is 35.4 Å². The summed E-state index contributed by atoms with van der Waals surface area (Å²) in [7, 11) is 0. The molecule has 0 unspecified atom stereocenters. The van der Waals surface area contributed by atoms with E-state index in [1.165, 1.54) is 27.1 Å². The first kappa shape index (κ1) is 12.6. The lowest BCUT2D eigenvalue weighted by Gasteiger charge is -2.22. The van der Waals surface area contributed by atoms with Gasteiger partial charge in [0, 0.05) is 27.3 Å². The summed E-state index contributed by atoms with van der Waals surface area (Å²) < 4.78 is 1.19. The number of thiophene rings is 1. The molecule has 16 heavy (non-hydrogen) atoms. The summed E-state index contributed by atoms with van der Waals surface area (Å²) >= 11 is 5.32. The average molecular weight is 304 g/mol. The molecule has 0 atom stereocenters. The van der Waals surface area contributed by atoms with Gasteiger partial charge in [-0.05, 0) is 41.8 Å². The van der Waals surface area contributed by atoms with Crippen molar-refractivity contribution < 1.29 is 5.11 Å². The molecule has 1 heterocycles. The van der Waals surface area contributed by atoms with E-state index in [9.17, 15) is 5.11 Å². The maximum atomic E-state index is 10.2. The molecule has 1 fully saturated rings. The van der Waals surface area contributed by atoms with Crippen LogP contribution in [0.25, 0.3) is 0 Å². The standard InChI is InChI=1S/C12H18BrNOS/c1-9-11(13)6-10(16-9)7-14-8-12(15)4-2-3-5-12/h6,14-15H,2-5,7-8H2,1H3. The van der Waals surface area contributed by atoms with E-state index >= 15 is 0 Å². The molecule has 1 saturated carbocycles. The van der Waals surface area contributed by atoms with Gasteiger partial charge in [-0.2, -0.15) is 0 Å². The molecular weight excluding hydrogens is 286 g/mol. The highest BCUT2D eigenvalue weighted by Crippen LogP contribution is 2.29. The molecule has 2 rings (SSSR count). The van der Waals surface area contributed by atoms with Gasteiger partial charge in [-0.15, -0.1) is 11.3 Å². The van der Waals surface area contributed by atoms with Gasteiger partial charge in [-0.1, -0.05) is 12.8 Å². The fourth-order valence-electron chi connectivity index (χ4n) is 2.23. The minimum Gasteiger partial charge on any atom is -0.389 e. The Morgan fingerprint density at radius 2 is 2.19 bits per heavy atom. The first-order valence-corrected chi connectivity index (χ1v) is 7.38. The molecule has 0 saturated heterocycles. The first-order valence-electron chi connectivity index (χ1n) is 5.77. The summed E-state index contributed by atoms with van der Waals surface area (Å²) in [6, 6.07) is 2.16.